The Morgan fingerprint density at radius 2 is 2.06 bits per heavy atom. The first-order chi connectivity index (χ1) is 7.86. The van der Waals surface area contributed by atoms with Gasteiger partial charge in [0.15, 0.2) is 0 Å². The van der Waals surface area contributed by atoms with Gasteiger partial charge in [-0.1, -0.05) is 20.8 Å². The van der Waals surface area contributed by atoms with Crippen LogP contribution in [-0.2, 0) is 6.54 Å². The molecule has 1 aromatic heterocycles. The summed E-state index contributed by atoms with van der Waals surface area (Å²) in [6.07, 6.45) is 1.88. The smallest absolute Gasteiger partial charge is 0.0562 e. The van der Waals surface area contributed by atoms with E-state index >= 15 is 0 Å². The van der Waals surface area contributed by atoms with E-state index in [0.29, 0.717) is 6.04 Å². The number of anilines is 1. The lowest BCUT2D eigenvalue weighted by Gasteiger charge is -2.37. The van der Waals surface area contributed by atoms with Crippen molar-refractivity contribution in [2.45, 2.75) is 40.3 Å². The maximum Gasteiger partial charge on any atom is 0.0562 e. The SMILES string of the molecule is CNCc1cc(N(C)C(C)C(C)(C)C)ccn1. The highest BCUT2D eigenvalue weighted by Gasteiger charge is 2.24. The Labute approximate surface area is 105 Å². The summed E-state index contributed by atoms with van der Waals surface area (Å²) in [7, 11) is 4.09. The standard InChI is InChI=1S/C14H25N3/c1-11(14(2,3)4)17(6)13-7-8-16-12(9-13)10-15-5/h7-9,11,15H,10H2,1-6H3. The van der Waals surface area contributed by atoms with Crippen LogP contribution in [0.5, 0.6) is 0 Å². The average molecular weight is 235 g/mol. The van der Waals surface area contributed by atoms with Crippen LogP contribution >= 0.6 is 0 Å². The summed E-state index contributed by atoms with van der Waals surface area (Å²) in [6, 6.07) is 4.70. The molecule has 0 radical (unpaired) electrons. The van der Waals surface area contributed by atoms with Gasteiger partial charge in [-0.15, -0.1) is 0 Å². The van der Waals surface area contributed by atoms with E-state index in [0.717, 1.165) is 12.2 Å². The number of pyridine rings is 1. The summed E-state index contributed by atoms with van der Waals surface area (Å²) in [5.74, 6) is 0. The maximum atomic E-state index is 4.34. The lowest BCUT2D eigenvalue weighted by atomic mass is 9.87. The fourth-order valence-electron chi connectivity index (χ4n) is 1.77. The van der Waals surface area contributed by atoms with Crippen molar-refractivity contribution in [1.29, 1.82) is 0 Å². The van der Waals surface area contributed by atoms with Gasteiger partial charge in [0.05, 0.1) is 5.69 Å². The van der Waals surface area contributed by atoms with Crippen LogP contribution in [0.1, 0.15) is 33.4 Å². The van der Waals surface area contributed by atoms with Crippen molar-refractivity contribution in [2.24, 2.45) is 5.41 Å². The Kier molecular flexibility index (Phi) is 4.52. The molecule has 0 aliphatic rings. The molecule has 17 heavy (non-hydrogen) atoms. The van der Waals surface area contributed by atoms with E-state index in [2.05, 4.69) is 62.1 Å². The van der Waals surface area contributed by atoms with Gasteiger partial charge in [0, 0.05) is 31.5 Å². The lowest BCUT2D eigenvalue weighted by molar-refractivity contribution is 0.329. The Morgan fingerprint density at radius 3 is 2.59 bits per heavy atom. The van der Waals surface area contributed by atoms with Crippen molar-refractivity contribution in [3.8, 4) is 0 Å². The van der Waals surface area contributed by atoms with Crippen molar-refractivity contribution in [2.75, 3.05) is 19.0 Å². The van der Waals surface area contributed by atoms with Gasteiger partial charge in [0.25, 0.3) is 0 Å². The molecule has 3 heteroatoms. The van der Waals surface area contributed by atoms with Crippen LogP contribution in [0.15, 0.2) is 18.3 Å². The fourth-order valence-corrected chi connectivity index (χ4v) is 1.77. The second-order valence-corrected chi connectivity index (χ2v) is 5.69. The summed E-state index contributed by atoms with van der Waals surface area (Å²) in [4.78, 5) is 6.66. The predicted molar refractivity (Wildman–Crippen MR) is 74.3 cm³/mol. The molecule has 1 N–H and O–H groups in total. The molecule has 1 rings (SSSR count). The number of nitrogens with zero attached hydrogens (tertiary/aromatic N) is 2. The second-order valence-electron chi connectivity index (χ2n) is 5.69. The van der Waals surface area contributed by atoms with Crippen molar-refractivity contribution < 1.29 is 0 Å². The number of nitrogens with one attached hydrogen (secondary N) is 1. The van der Waals surface area contributed by atoms with Crippen molar-refractivity contribution in [3.63, 3.8) is 0 Å². The molecule has 0 fully saturated rings. The van der Waals surface area contributed by atoms with Gasteiger partial charge in [-0.2, -0.15) is 0 Å². The van der Waals surface area contributed by atoms with Gasteiger partial charge in [0.2, 0.25) is 0 Å². The molecule has 0 spiro atoms. The third-order valence-electron chi connectivity index (χ3n) is 3.40. The van der Waals surface area contributed by atoms with Gasteiger partial charge in [-0.05, 0) is 31.5 Å². The summed E-state index contributed by atoms with van der Waals surface area (Å²) in [5, 5.41) is 3.13. The minimum Gasteiger partial charge on any atom is -0.371 e. The number of aromatic nitrogens is 1. The highest BCUT2D eigenvalue weighted by atomic mass is 15.1. The van der Waals surface area contributed by atoms with Crippen LogP contribution in [0.4, 0.5) is 5.69 Å². The second kappa shape index (κ2) is 5.50. The molecule has 1 atom stereocenters. The monoisotopic (exact) mass is 235 g/mol. The summed E-state index contributed by atoms with van der Waals surface area (Å²) in [6.45, 7) is 9.88. The Balaban J connectivity index is 2.88. The van der Waals surface area contributed by atoms with E-state index < -0.39 is 0 Å². The largest absolute Gasteiger partial charge is 0.371 e. The van der Waals surface area contributed by atoms with Crippen LogP contribution in [-0.4, -0.2) is 25.1 Å². The summed E-state index contributed by atoms with van der Waals surface area (Å²) in [5.41, 5.74) is 2.58. The van der Waals surface area contributed by atoms with E-state index in [1.165, 1.54) is 5.69 Å². The molecule has 0 aromatic carbocycles. The summed E-state index contributed by atoms with van der Waals surface area (Å²) < 4.78 is 0. The Hall–Kier alpha value is -1.09. The quantitative estimate of drug-likeness (QED) is 0.869. The molecule has 0 amide bonds. The normalized spacial score (nSPS) is 13.5. The zero-order valence-electron chi connectivity index (χ0n) is 11.9. The van der Waals surface area contributed by atoms with Crippen LogP contribution < -0.4 is 10.2 Å². The molecule has 1 aromatic rings. The fraction of sp³-hybridized carbons (Fsp3) is 0.643. The highest BCUT2D eigenvalue weighted by Crippen LogP contribution is 2.27. The van der Waals surface area contributed by atoms with E-state index in [-0.39, 0.29) is 5.41 Å². The first-order valence-corrected chi connectivity index (χ1v) is 6.18. The molecule has 3 nitrogen and oxygen atoms in total. The third-order valence-corrected chi connectivity index (χ3v) is 3.40. The predicted octanol–water partition coefficient (Wildman–Crippen LogP) is 2.67. The van der Waals surface area contributed by atoms with Crippen molar-refractivity contribution >= 4 is 5.69 Å². The van der Waals surface area contributed by atoms with E-state index in [1.54, 1.807) is 0 Å². The van der Waals surface area contributed by atoms with Gasteiger partial charge in [-0.3, -0.25) is 4.98 Å². The van der Waals surface area contributed by atoms with E-state index in [1.807, 2.05) is 13.2 Å². The minimum absolute atomic E-state index is 0.265. The topological polar surface area (TPSA) is 28.2 Å². The first kappa shape index (κ1) is 14.0. The third kappa shape index (κ3) is 3.70. The van der Waals surface area contributed by atoms with E-state index in [4.69, 9.17) is 0 Å². The molecule has 0 aliphatic carbocycles. The summed E-state index contributed by atoms with van der Waals surface area (Å²) >= 11 is 0. The molecule has 0 bridgehead atoms. The molecule has 0 saturated carbocycles. The van der Waals surface area contributed by atoms with E-state index in [9.17, 15) is 0 Å². The van der Waals surface area contributed by atoms with Crippen molar-refractivity contribution in [1.82, 2.24) is 10.3 Å². The minimum atomic E-state index is 0.265. The zero-order chi connectivity index (χ0) is 13.1. The molecule has 0 saturated heterocycles. The molecule has 0 aliphatic heterocycles. The average Bonchev–Trinajstić information content (AvgIpc) is 2.27. The van der Waals surface area contributed by atoms with Gasteiger partial charge in [-0.25, -0.2) is 0 Å². The Morgan fingerprint density at radius 1 is 1.41 bits per heavy atom. The maximum absolute atomic E-state index is 4.34. The van der Waals surface area contributed by atoms with Crippen LogP contribution in [0, 0.1) is 5.41 Å². The highest BCUT2D eigenvalue weighted by molar-refractivity contribution is 5.47. The Bertz CT molecular complexity index is 355. The number of hydrogen-bond donors (Lipinski definition) is 1. The van der Waals surface area contributed by atoms with Crippen LogP contribution in [0.2, 0.25) is 0 Å². The number of rotatable bonds is 4. The van der Waals surface area contributed by atoms with Crippen LogP contribution in [0.25, 0.3) is 0 Å². The van der Waals surface area contributed by atoms with Crippen molar-refractivity contribution in [3.05, 3.63) is 24.0 Å². The van der Waals surface area contributed by atoms with Gasteiger partial charge >= 0.3 is 0 Å². The zero-order valence-corrected chi connectivity index (χ0v) is 11.9. The van der Waals surface area contributed by atoms with Gasteiger partial charge < -0.3 is 10.2 Å². The molecule has 1 heterocycles. The molecule has 1 unspecified atom stereocenters. The lowest BCUT2D eigenvalue weighted by Crippen LogP contribution is -2.39. The number of hydrogen-bond acceptors (Lipinski definition) is 3. The molecular formula is C14H25N3. The van der Waals surface area contributed by atoms with Gasteiger partial charge in [0.1, 0.15) is 0 Å². The van der Waals surface area contributed by atoms with Crippen LogP contribution in [0.3, 0.4) is 0 Å². The molecule has 96 valence electrons. The first-order valence-electron chi connectivity index (χ1n) is 6.18. The molecular weight excluding hydrogens is 210 g/mol.